The summed E-state index contributed by atoms with van der Waals surface area (Å²) in [6, 6.07) is 13.6. The molecule has 0 bridgehead atoms. The van der Waals surface area contributed by atoms with Gasteiger partial charge in [0, 0.05) is 35.4 Å². The van der Waals surface area contributed by atoms with Crippen molar-refractivity contribution >= 4 is 27.3 Å². The van der Waals surface area contributed by atoms with Crippen molar-refractivity contribution in [2.45, 2.75) is 36.5 Å². The third-order valence-corrected chi connectivity index (χ3v) is 7.41. The van der Waals surface area contributed by atoms with Gasteiger partial charge in [0.1, 0.15) is 5.69 Å². The molecule has 9 heteroatoms. The molecule has 0 spiro atoms. The van der Waals surface area contributed by atoms with Gasteiger partial charge in [-0.1, -0.05) is 36.6 Å². The predicted octanol–water partition coefficient (Wildman–Crippen LogP) is 5.19. The fraction of sp³-hybridized carbons (Fsp3) is 0.333. The van der Waals surface area contributed by atoms with E-state index in [1.54, 1.807) is 36.4 Å². The summed E-state index contributed by atoms with van der Waals surface area (Å²) in [5.41, 5.74) is 2.01. The standard InChI is InChI=1S/C24H25ClN2O5S/c1-27(29)24(28)20-6-4-3-5-19(20)23-26-21(15-9-13-18(14-10-15)33(2,30)31)22(32-23)16-7-11-17(25)12-8-16/h7-14,19-20,29H,3-6H2,1-2H3. The molecule has 1 amide bonds. The van der Waals surface area contributed by atoms with E-state index in [2.05, 4.69) is 0 Å². The Hall–Kier alpha value is -2.68. The molecule has 2 unspecified atom stereocenters. The van der Waals surface area contributed by atoms with Crippen molar-refractivity contribution in [2.75, 3.05) is 13.3 Å². The minimum Gasteiger partial charge on any atom is -0.440 e. The lowest BCUT2D eigenvalue weighted by Gasteiger charge is -2.29. The van der Waals surface area contributed by atoms with Crippen molar-refractivity contribution in [1.29, 1.82) is 0 Å². The van der Waals surface area contributed by atoms with Crippen molar-refractivity contribution in [3.05, 3.63) is 59.4 Å². The fourth-order valence-electron chi connectivity index (χ4n) is 4.31. The van der Waals surface area contributed by atoms with Crippen LogP contribution in [0, 0.1) is 5.92 Å². The lowest BCUT2D eigenvalue weighted by atomic mass is 9.78. The molecule has 1 aliphatic carbocycles. The fourth-order valence-corrected chi connectivity index (χ4v) is 5.07. The van der Waals surface area contributed by atoms with Crippen LogP contribution in [0.25, 0.3) is 22.6 Å². The first-order valence-electron chi connectivity index (χ1n) is 10.7. The number of nitrogens with zero attached hydrogens (tertiary/aromatic N) is 2. The summed E-state index contributed by atoms with van der Waals surface area (Å²) in [6.07, 6.45) is 4.35. The van der Waals surface area contributed by atoms with Crippen LogP contribution >= 0.6 is 11.6 Å². The Balaban J connectivity index is 1.82. The molecule has 1 aliphatic rings. The molecule has 1 fully saturated rings. The van der Waals surface area contributed by atoms with Crippen LogP contribution in [0.3, 0.4) is 0 Å². The molecule has 2 aromatic carbocycles. The van der Waals surface area contributed by atoms with Gasteiger partial charge in [0.2, 0.25) is 5.91 Å². The normalized spacial score (nSPS) is 18.8. The highest BCUT2D eigenvalue weighted by Crippen LogP contribution is 2.42. The van der Waals surface area contributed by atoms with E-state index >= 15 is 0 Å². The zero-order valence-electron chi connectivity index (χ0n) is 18.4. The summed E-state index contributed by atoms with van der Waals surface area (Å²) in [5.74, 6) is -0.100. The average molecular weight is 489 g/mol. The maximum absolute atomic E-state index is 12.6. The Morgan fingerprint density at radius 3 is 2.27 bits per heavy atom. The molecule has 1 aromatic heterocycles. The number of carbonyl (C=O) groups excluding carboxylic acids is 1. The van der Waals surface area contributed by atoms with Gasteiger partial charge in [-0.15, -0.1) is 0 Å². The lowest BCUT2D eigenvalue weighted by Crippen LogP contribution is -2.35. The van der Waals surface area contributed by atoms with E-state index in [0.29, 0.717) is 39.4 Å². The SMILES string of the molecule is CN(O)C(=O)C1CCCCC1c1nc(-c2ccc(S(C)(=O)=O)cc2)c(-c2ccc(Cl)cc2)o1. The Bertz CT molecular complexity index is 1250. The van der Waals surface area contributed by atoms with Crippen molar-refractivity contribution in [1.82, 2.24) is 10.0 Å². The number of oxazole rings is 1. The largest absolute Gasteiger partial charge is 0.440 e. The van der Waals surface area contributed by atoms with E-state index in [9.17, 15) is 18.4 Å². The molecular formula is C24H25ClN2O5S. The molecule has 0 aliphatic heterocycles. The molecule has 0 radical (unpaired) electrons. The lowest BCUT2D eigenvalue weighted by molar-refractivity contribution is -0.166. The number of hydrogen-bond donors (Lipinski definition) is 1. The molecule has 1 saturated carbocycles. The molecule has 3 aromatic rings. The van der Waals surface area contributed by atoms with E-state index in [1.165, 1.54) is 7.05 Å². The topological polar surface area (TPSA) is 101 Å². The molecule has 4 rings (SSSR count). The summed E-state index contributed by atoms with van der Waals surface area (Å²) >= 11 is 6.06. The number of carbonyl (C=O) groups is 1. The first kappa shape index (κ1) is 23.5. The van der Waals surface area contributed by atoms with Crippen LogP contribution in [0.15, 0.2) is 57.8 Å². The Morgan fingerprint density at radius 2 is 1.67 bits per heavy atom. The third-order valence-electron chi connectivity index (χ3n) is 6.03. The summed E-state index contributed by atoms with van der Waals surface area (Å²) in [5, 5.41) is 11.0. The van der Waals surface area contributed by atoms with Gasteiger partial charge in [0.05, 0.1) is 10.8 Å². The van der Waals surface area contributed by atoms with Crippen LogP contribution in [0.4, 0.5) is 0 Å². The molecule has 7 nitrogen and oxygen atoms in total. The van der Waals surface area contributed by atoms with E-state index in [4.69, 9.17) is 21.0 Å². The second-order valence-corrected chi connectivity index (χ2v) is 10.8. The van der Waals surface area contributed by atoms with Crippen molar-refractivity contribution in [2.24, 2.45) is 5.92 Å². The van der Waals surface area contributed by atoms with Crippen LogP contribution in [0.5, 0.6) is 0 Å². The zero-order valence-corrected chi connectivity index (χ0v) is 19.9. The van der Waals surface area contributed by atoms with Gasteiger partial charge in [-0.25, -0.2) is 18.5 Å². The molecular weight excluding hydrogens is 464 g/mol. The minimum absolute atomic E-state index is 0.215. The zero-order chi connectivity index (χ0) is 23.8. The van der Waals surface area contributed by atoms with Gasteiger partial charge >= 0.3 is 0 Å². The van der Waals surface area contributed by atoms with Gasteiger partial charge in [0.15, 0.2) is 21.5 Å². The van der Waals surface area contributed by atoms with Gasteiger partial charge in [-0.3, -0.25) is 10.0 Å². The number of halogens is 1. The Kier molecular flexibility index (Phi) is 6.61. The second kappa shape index (κ2) is 9.29. The third kappa shape index (κ3) is 4.98. The summed E-state index contributed by atoms with van der Waals surface area (Å²) in [6.45, 7) is 0. The number of rotatable bonds is 5. The number of aromatic nitrogens is 1. The van der Waals surface area contributed by atoms with Crippen molar-refractivity contribution in [3.8, 4) is 22.6 Å². The van der Waals surface area contributed by atoms with Crippen LogP contribution < -0.4 is 0 Å². The van der Waals surface area contributed by atoms with E-state index in [-0.39, 0.29) is 16.7 Å². The summed E-state index contributed by atoms with van der Waals surface area (Å²) in [7, 11) is -2.00. The molecule has 33 heavy (non-hydrogen) atoms. The predicted molar refractivity (Wildman–Crippen MR) is 125 cm³/mol. The quantitative estimate of drug-likeness (QED) is 0.392. The Morgan fingerprint density at radius 1 is 1.06 bits per heavy atom. The maximum Gasteiger partial charge on any atom is 0.249 e. The molecule has 1 N–H and O–H groups in total. The monoisotopic (exact) mass is 488 g/mol. The summed E-state index contributed by atoms with van der Waals surface area (Å²) < 4.78 is 30.0. The highest BCUT2D eigenvalue weighted by Gasteiger charge is 2.37. The van der Waals surface area contributed by atoms with Gasteiger partial charge in [-0.05, 0) is 49.2 Å². The minimum atomic E-state index is -3.33. The number of hydroxylamine groups is 2. The number of amides is 1. The summed E-state index contributed by atoms with van der Waals surface area (Å²) in [4.78, 5) is 17.6. The van der Waals surface area contributed by atoms with E-state index in [0.717, 1.165) is 31.1 Å². The second-order valence-electron chi connectivity index (χ2n) is 8.39. The highest BCUT2D eigenvalue weighted by atomic mass is 35.5. The number of hydrogen-bond acceptors (Lipinski definition) is 6. The van der Waals surface area contributed by atoms with Crippen molar-refractivity contribution in [3.63, 3.8) is 0 Å². The first-order valence-corrected chi connectivity index (χ1v) is 13.0. The number of benzene rings is 2. The van der Waals surface area contributed by atoms with E-state index < -0.39 is 15.8 Å². The van der Waals surface area contributed by atoms with Crippen LogP contribution in [0.2, 0.25) is 5.02 Å². The van der Waals surface area contributed by atoms with Crippen LogP contribution in [0.1, 0.15) is 37.5 Å². The smallest absolute Gasteiger partial charge is 0.249 e. The molecule has 0 saturated heterocycles. The van der Waals surface area contributed by atoms with E-state index in [1.807, 2.05) is 12.1 Å². The Labute approximate surface area is 197 Å². The molecule has 2 atom stereocenters. The van der Waals surface area contributed by atoms with Crippen LogP contribution in [-0.2, 0) is 14.6 Å². The number of sulfone groups is 1. The molecule has 174 valence electrons. The molecule has 1 heterocycles. The highest BCUT2D eigenvalue weighted by molar-refractivity contribution is 7.90. The maximum atomic E-state index is 12.6. The van der Waals surface area contributed by atoms with Gasteiger partial charge in [0.25, 0.3) is 0 Å². The van der Waals surface area contributed by atoms with Gasteiger partial charge in [-0.2, -0.15) is 0 Å². The van der Waals surface area contributed by atoms with Crippen molar-refractivity contribution < 1.29 is 22.8 Å². The average Bonchev–Trinajstić information content (AvgIpc) is 3.24. The first-order chi connectivity index (χ1) is 15.6. The van der Waals surface area contributed by atoms with Crippen LogP contribution in [-0.4, -0.2) is 42.9 Å². The van der Waals surface area contributed by atoms with Gasteiger partial charge < -0.3 is 4.42 Å².